The summed E-state index contributed by atoms with van der Waals surface area (Å²) in [5.74, 6) is 0.213. The summed E-state index contributed by atoms with van der Waals surface area (Å²) in [5, 5.41) is 0. The molecule has 0 aliphatic carbocycles. The molecule has 2 bridgehead atoms. The minimum Gasteiger partial charge on any atom is -0.469 e. The second kappa shape index (κ2) is 6.87. The van der Waals surface area contributed by atoms with Crippen LogP contribution in [0.4, 0.5) is 0 Å². The van der Waals surface area contributed by atoms with Crippen LogP contribution in [0, 0.1) is 16.4 Å². The lowest BCUT2D eigenvalue weighted by molar-refractivity contribution is -0.150. The lowest BCUT2D eigenvalue weighted by Crippen LogP contribution is -2.49. The van der Waals surface area contributed by atoms with Crippen molar-refractivity contribution in [2.24, 2.45) is 5.92 Å². The Kier molecular flexibility index (Phi) is 5.54. The fourth-order valence-corrected chi connectivity index (χ4v) is 4.65. The summed E-state index contributed by atoms with van der Waals surface area (Å²) in [7, 11) is 3.67. The zero-order chi connectivity index (χ0) is 15.1. The van der Waals surface area contributed by atoms with E-state index >= 15 is 0 Å². The lowest BCUT2D eigenvalue weighted by Gasteiger charge is -2.41. The van der Waals surface area contributed by atoms with Crippen LogP contribution in [0.5, 0.6) is 0 Å². The molecule has 1 aromatic rings. The highest BCUT2D eigenvalue weighted by molar-refractivity contribution is 14.1. The van der Waals surface area contributed by atoms with Crippen molar-refractivity contribution >= 4 is 28.6 Å². The number of carbonyl (C=O) groups is 1. The van der Waals surface area contributed by atoms with Gasteiger partial charge in [0.15, 0.2) is 0 Å². The number of hydrogen-bond donors (Lipinski definition) is 0. The van der Waals surface area contributed by atoms with E-state index in [1.54, 1.807) is 0 Å². The number of benzene rings is 1. The molecule has 0 spiro atoms. The van der Waals surface area contributed by atoms with E-state index < -0.39 is 0 Å². The summed E-state index contributed by atoms with van der Waals surface area (Å²) in [6.07, 6.45) is 3.38. The summed E-state index contributed by atoms with van der Waals surface area (Å²) in [4.78, 5) is 14.8. The molecular weight excluding hydrogens is 389 g/mol. The van der Waals surface area contributed by atoms with E-state index in [1.807, 2.05) is 0 Å². The van der Waals surface area contributed by atoms with Crippen LogP contribution in [0.15, 0.2) is 18.2 Å². The van der Waals surface area contributed by atoms with Crippen molar-refractivity contribution in [1.29, 1.82) is 0 Å². The largest absolute Gasteiger partial charge is 0.469 e. The molecule has 2 heterocycles. The molecule has 2 saturated heterocycles. The van der Waals surface area contributed by atoms with Gasteiger partial charge in [0.1, 0.15) is 0 Å². The highest BCUT2D eigenvalue weighted by Crippen LogP contribution is 2.46. The number of hydrogen-bond acceptors (Lipinski definition) is 3. The number of carbonyl (C=O) groups excluding carboxylic acids is 1. The van der Waals surface area contributed by atoms with Gasteiger partial charge in [0.2, 0.25) is 0 Å². The molecule has 1 aromatic carbocycles. The van der Waals surface area contributed by atoms with Gasteiger partial charge in [0.25, 0.3) is 0 Å². The number of halogens is 1. The van der Waals surface area contributed by atoms with Crippen LogP contribution < -0.4 is 0 Å². The summed E-state index contributed by atoms with van der Waals surface area (Å²) < 4.78 is 6.40. The number of fused-ring (bicyclic) bond motifs is 2. The normalized spacial score (nSPS) is 30.7. The Hall–Kier alpha value is -0.620. The molecule has 3 rings (SSSR count). The smallest absolute Gasteiger partial charge is 0.310 e. The summed E-state index contributed by atoms with van der Waals surface area (Å²) in [6.45, 7) is 2.13. The number of esters is 1. The zero-order valence-corrected chi connectivity index (χ0v) is 15.0. The molecule has 4 heteroatoms. The van der Waals surface area contributed by atoms with Crippen LogP contribution in [-0.2, 0) is 9.53 Å². The summed E-state index contributed by atoms with van der Waals surface area (Å²) >= 11 is 2.38. The predicted molar refractivity (Wildman–Crippen MR) is 98.1 cm³/mol. The number of nitrogens with zero attached hydrogens (tertiary/aromatic N) is 1. The molecule has 4 atom stereocenters. The van der Waals surface area contributed by atoms with Gasteiger partial charge in [-0.25, -0.2) is 0 Å². The van der Waals surface area contributed by atoms with Gasteiger partial charge in [-0.1, -0.05) is 19.6 Å². The first-order valence-electron chi connectivity index (χ1n) is 7.58. The van der Waals surface area contributed by atoms with E-state index in [2.05, 4.69) is 59.7 Å². The standard InChI is InChI=1S/C17H22INO2.CH4/c1-10-4-5-11(8-14(10)18)13-9-12-6-7-15(19(12)2)16(13)17(20)21-3;/h4-5,8,12-13,15-16H,6-7,9H2,1-3H3;1H4. The van der Waals surface area contributed by atoms with Crippen molar-refractivity contribution in [3.8, 4) is 0 Å². The molecule has 0 N–H and O–H groups in total. The van der Waals surface area contributed by atoms with Gasteiger partial charge < -0.3 is 4.74 Å². The van der Waals surface area contributed by atoms with E-state index in [-0.39, 0.29) is 19.3 Å². The Morgan fingerprint density at radius 3 is 2.73 bits per heavy atom. The van der Waals surface area contributed by atoms with Crippen LogP contribution in [0.3, 0.4) is 0 Å². The molecule has 2 aliphatic heterocycles. The molecule has 0 saturated carbocycles. The fourth-order valence-electron chi connectivity index (χ4n) is 4.11. The molecular formula is C18H26INO2. The van der Waals surface area contributed by atoms with Crippen molar-refractivity contribution < 1.29 is 9.53 Å². The van der Waals surface area contributed by atoms with Crippen molar-refractivity contribution in [3.63, 3.8) is 0 Å². The monoisotopic (exact) mass is 415 g/mol. The number of methoxy groups -OCH3 is 1. The average molecular weight is 415 g/mol. The quantitative estimate of drug-likeness (QED) is 0.541. The van der Waals surface area contributed by atoms with E-state index in [4.69, 9.17) is 4.74 Å². The first kappa shape index (κ1) is 17.7. The molecule has 22 heavy (non-hydrogen) atoms. The first-order chi connectivity index (χ1) is 10.0. The van der Waals surface area contributed by atoms with Crippen LogP contribution in [0.1, 0.15) is 43.7 Å². The van der Waals surface area contributed by atoms with Gasteiger partial charge in [-0.05, 0) is 73.0 Å². The van der Waals surface area contributed by atoms with Crippen molar-refractivity contribution in [3.05, 3.63) is 32.9 Å². The molecule has 122 valence electrons. The molecule has 0 amide bonds. The van der Waals surface area contributed by atoms with E-state index in [9.17, 15) is 4.79 Å². The third kappa shape index (κ3) is 2.92. The highest BCUT2D eigenvalue weighted by Gasteiger charge is 2.49. The predicted octanol–water partition coefficient (Wildman–Crippen LogP) is 3.98. The number of rotatable bonds is 2. The molecule has 4 unspecified atom stereocenters. The minimum absolute atomic E-state index is 0. The maximum absolute atomic E-state index is 12.4. The number of aryl methyl sites for hydroxylation is 1. The fraction of sp³-hybridized carbons (Fsp3) is 0.611. The first-order valence-corrected chi connectivity index (χ1v) is 8.66. The summed E-state index contributed by atoms with van der Waals surface area (Å²) in [6, 6.07) is 7.57. The maximum atomic E-state index is 12.4. The van der Waals surface area contributed by atoms with E-state index in [0.717, 1.165) is 12.8 Å². The third-order valence-electron chi connectivity index (χ3n) is 5.37. The Bertz CT molecular complexity index is 560. The van der Waals surface area contributed by atoms with Crippen molar-refractivity contribution in [1.82, 2.24) is 4.90 Å². The molecule has 3 nitrogen and oxygen atoms in total. The zero-order valence-electron chi connectivity index (χ0n) is 12.8. The number of ether oxygens (including phenoxy) is 1. The molecule has 0 aromatic heterocycles. The molecule has 0 radical (unpaired) electrons. The highest BCUT2D eigenvalue weighted by atomic mass is 127. The SMILES string of the molecule is C.COC(=O)C1C(c2ccc(C)c(I)c2)CC2CCC1N2C. The Morgan fingerprint density at radius 1 is 1.36 bits per heavy atom. The Morgan fingerprint density at radius 2 is 2.09 bits per heavy atom. The van der Waals surface area contributed by atoms with Gasteiger partial charge >= 0.3 is 5.97 Å². The second-order valence-corrected chi connectivity index (χ2v) is 7.53. The third-order valence-corrected chi connectivity index (χ3v) is 6.53. The second-order valence-electron chi connectivity index (χ2n) is 6.36. The minimum atomic E-state index is -0.0483. The van der Waals surface area contributed by atoms with E-state index in [1.165, 1.54) is 28.2 Å². The van der Waals surface area contributed by atoms with Crippen LogP contribution >= 0.6 is 22.6 Å². The molecule has 2 aliphatic rings. The van der Waals surface area contributed by atoms with Crippen LogP contribution in [0.25, 0.3) is 0 Å². The lowest BCUT2D eigenvalue weighted by atomic mass is 9.76. The van der Waals surface area contributed by atoms with Crippen molar-refractivity contribution in [2.45, 2.75) is 51.6 Å². The Labute approximate surface area is 147 Å². The topological polar surface area (TPSA) is 29.5 Å². The van der Waals surface area contributed by atoms with Gasteiger partial charge in [-0.2, -0.15) is 0 Å². The maximum Gasteiger partial charge on any atom is 0.310 e. The number of piperidine rings is 1. The van der Waals surface area contributed by atoms with Gasteiger partial charge in [-0.15, -0.1) is 0 Å². The van der Waals surface area contributed by atoms with Gasteiger partial charge in [0, 0.05) is 21.6 Å². The van der Waals surface area contributed by atoms with E-state index in [0.29, 0.717) is 18.0 Å². The molecule has 2 fully saturated rings. The van der Waals surface area contributed by atoms with Gasteiger partial charge in [0.05, 0.1) is 13.0 Å². The van der Waals surface area contributed by atoms with Gasteiger partial charge in [-0.3, -0.25) is 9.69 Å². The average Bonchev–Trinajstić information content (AvgIpc) is 2.72. The van der Waals surface area contributed by atoms with Crippen molar-refractivity contribution in [2.75, 3.05) is 14.2 Å². The Balaban J connectivity index is 0.00000176. The van der Waals surface area contributed by atoms with Crippen LogP contribution in [0.2, 0.25) is 0 Å². The van der Waals surface area contributed by atoms with Crippen LogP contribution in [-0.4, -0.2) is 37.1 Å². The summed E-state index contributed by atoms with van der Waals surface area (Å²) in [5.41, 5.74) is 2.59.